The normalized spacial score (nSPS) is 19.4. The van der Waals surface area contributed by atoms with Gasteiger partial charge in [0.2, 0.25) is 0 Å². The summed E-state index contributed by atoms with van der Waals surface area (Å²) >= 11 is 0. The molecule has 2 rings (SSSR count). The Morgan fingerprint density at radius 1 is 1.38 bits per heavy atom. The minimum absolute atomic E-state index is 0.804. The van der Waals surface area contributed by atoms with Gasteiger partial charge in [-0.3, -0.25) is 0 Å². The summed E-state index contributed by atoms with van der Waals surface area (Å²) in [6.07, 6.45) is 5.31. The monoisotopic (exact) mass is 231 g/mol. The molecule has 0 saturated heterocycles. The van der Waals surface area contributed by atoms with Gasteiger partial charge >= 0.3 is 0 Å². The highest BCUT2D eigenvalue weighted by molar-refractivity contribution is 7.89. The van der Waals surface area contributed by atoms with Gasteiger partial charge in [0, 0.05) is 5.70 Å². The Balaban J connectivity index is 2.47. The number of rotatable bonds is 2. The molecule has 2 nitrogen and oxygen atoms in total. The molecule has 16 heavy (non-hydrogen) atoms. The molecule has 1 heterocycles. The van der Waals surface area contributed by atoms with Crippen LogP contribution in [0.3, 0.4) is 0 Å². The summed E-state index contributed by atoms with van der Waals surface area (Å²) in [5, 5.41) is 3.25. The first-order valence-corrected chi connectivity index (χ1v) is 6.17. The van der Waals surface area contributed by atoms with Gasteiger partial charge in [-0.15, -0.1) is 0 Å². The number of anilines is 1. The zero-order chi connectivity index (χ0) is 11.5. The van der Waals surface area contributed by atoms with Crippen LogP contribution in [-0.4, -0.2) is 4.21 Å². The lowest BCUT2D eigenvalue weighted by Crippen LogP contribution is -2.12. The van der Waals surface area contributed by atoms with E-state index in [1.807, 2.05) is 37.3 Å². The van der Waals surface area contributed by atoms with Crippen molar-refractivity contribution in [1.82, 2.24) is 0 Å². The summed E-state index contributed by atoms with van der Waals surface area (Å²) in [4.78, 5) is 1.63. The maximum atomic E-state index is 12.3. The van der Waals surface area contributed by atoms with Crippen LogP contribution in [-0.2, 0) is 10.8 Å². The molecule has 0 bridgehead atoms. The Hall–Kier alpha value is -1.61. The summed E-state index contributed by atoms with van der Waals surface area (Å²) in [6, 6.07) is 7.64. The van der Waals surface area contributed by atoms with E-state index in [2.05, 4.69) is 11.9 Å². The van der Waals surface area contributed by atoms with Crippen molar-refractivity contribution in [3.63, 3.8) is 0 Å². The van der Waals surface area contributed by atoms with Crippen LogP contribution in [0.15, 0.2) is 64.6 Å². The summed E-state index contributed by atoms with van der Waals surface area (Å²) in [5.41, 5.74) is 1.85. The van der Waals surface area contributed by atoms with Crippen LogP contribution >= 0.6 is 0 Å². The maximum absolute atomic E-state index is 12.3. The van der Waals surface area contributed by atoms with Gasteiger partial charge in [0.25, 0.3) is 0 Å². The molecule has 0 radical (unpaired) electrons. The smallest absolute Gasteiger partial charge is 0.0888 e. The predicted molar refractivity (Wildman–Crippen MR) is 68.5 cm³/mol. The van der Waals surface area contributed by atoms with Crippen molar-refractivity contribution in [3.8, 4) is 0 Å². The molecule has 1 aliphatic rings. The Morgan fingerprint density at radius 3 is 2.88 bits per heavy atom. The maximum Gasteiger partial charge on any atom is 0.0888 e. The van der Waals surface area contributed by atoms with Gasteiger partial charge in [-0.05, 0) is 25.1 Å². The number of hydrogen-bond acceptors (Lipinski definition) is 2. The van der Waals surface area contributed by atoms with Gasteiger partial charge < -0.3 is 5.32 Å². The fraction of sp³-hybridized carbons (Fsp3) is 0.0769. The molecule has 3 heteroatoms. The first-order chi connectivity index (χ1) is 7.74. The van der Waals surface area contributed by atoms with Crippen LogP contribution < -0.4 is 5.32 Å². The Morgan fingerprint density at radius 2 is 2.12 bits per heavy atom. The molecular formula is C13H13NOS. The highest BCUT2D eigenvalue weighted by atomic mass is 32.2. The van der Waals surface area contributed by atoms with Gasteiger partial charge in [0.05, 0.1) is 26.3 Å². The van der Waals surface area contributed by atoms with Crippen LogP contribution in [0.25, 0.3) is 0 Å². The highest BCUT2D eigenvalue weighted by Gasteiger charge is 2.19. The second-order valence-electron chi connectivity index (χ2n) is 3.47. The number of para-hydroxylation sites is 1. The first kappa shape index (κ1) is 10.9. The van der Waals surface area contributed by atoms with Crippen molar-refractivity contribution in [3.05, 3.63) is 59.7 Å². The molecule has 1 aromatic rings. The molecule has 1 unspecified atom stereocenters. The predicted octanol–water partition coefficient (Wildman–Crippen LogP) is 3.19. The van der Waals surface area contributed by atoms with E-state index < -0.39 is 10.8 Å². The van der Waals surface area contributed by atoms with Crippen LogP contribution in [0.5, 0.6) is 0 Å². The zero-order valence-electron chi connectivity index (χ0n) is 9.07. The van der Waals surface area contributed by atoms with E-state index in [-0.39, 0.29) is 0 Å². The third-order valence-corrected chi connectivity index (χ3v) is 3.96. The SMILES string of the molecule is C=C/C=C\C1=C(C)Nc2ccccc2S1=O. The van der Waals surface area contributed by atoms with E-state index in [0.29, 0.717) is 0 Å². The van der Waals surface area contributed by atoms with E-state index in [4.69, 9.17) is 0 Å². The Labute approximate surface area is 97.8 Å². The Kier molecular flexibility index (Phi) is 3.06. The number of allylic oxidation sites excluding steroid dienone is 4. The van der Waals surface area contributed by atoms with Gasteiger partial charge in [0.15, 0.2) is 0 Å². The fourth-order valence-electron chi connectivity index (χ4n) is 1.59. The molecule has 0 amide bonds. The number of nitrogens with one attached hydrogen (secondary N) is 1. The van der Waals surface area contributed by atoms with Crippen molar-refractivity contribution in [2.75, 3.05) is 5.32 Å². The van der Waals surface area contributed by atoms with Crippen molar-refractivity contribution in [2.45, 2.75) is 11.8 Å². The lowest BCUT2D eigenvalue weighted by Gasteiger charge is -2.20. The first-order valence-electron chi connectivity index (χ1n) is 5.02. The standard InChI is InChI=1S/C13H13NOS/c1-3-4-8-12-10(2)14-11-7-5-6-9-13(11)16(12)15/h3-9,14H,1H2,2H3/b8-4-. The van der Waals surface area contributed by atoms with Gasteiger partial charge in [-0.25, -0.2) is 4.21 Å². The highest BCUT2D eigenvalue weighted by Crippen LogP contribution is 2.31. The average Bonchev–Trinajstić information content (AvgIpc) is 2.29. The lowest BCUT2D eigenvalue weighted by atomic mass is 10.3. The second kappa shape index (κ2) is 4.49. The van der Waals surface area contributed by atoms with E-state index in [0.717, 1.165) is 21.2 Å². The molecule has 0 saturated carbocycles. The molecule has 1 N–H and O–H groups in total. The van der Waals surface area contributed by atoms with Gasteiger partial charge in [0.1, 0.15) is 0 Å². The largest absolute Gasteiger partial charge is 0.357 e. The number of benzene rings is 1. The number of fused-ring (bicyclic) bond motifs is 1. The van der Waals surface area contributed by atoms with E-state index in [1.54, 1.807) is 12.2 Å². The molecule has 0 aliphatic carbocycles. The quantitative estimate of drug-likeness (QED) is 0.792. The van der Waals surface area contributed by atoms with Crippen molar-refractivity contribution in [2.24, 2.45) is 0 Å². The van der Waals surface area contributed by atoms with Crippen LogP contribution in [0.2, 0.25) is 0 Å². The van der Waals surface area contributed by atoms with Gasteiger partial charge in [-0.1, -0.05) is 30.9 Å². The summed E-state index contributed by atoms with van der Waals surface area (Å²) in [7, 11) is -1.10. The summed E-state index contributed by atoms with van der Waals surface area (Å²) in [6.45, 7) is 5.54. The molecule has 1 atom stereocenters. The van der Waals surface area contributed by atoms with E-state index in [1.165, 1.54) is 0 Å². The zero-order valence-corrected chi connectivity index (χ0v) is 9.88. The number of hydrogen-bond donors (Lipinski definition) is 1. The second-order valence-corrected chi connectivity index (χ2v) is 4.89. The minimum atomic E-state index is -1.10. The molecule has 1 aromatic carbocycles. The van der Waals surface area contributed by atoms with Crippen LogP contribution in [0, 0.1) is 0 Å². The summed E-state index contributed by atoms with van der Waals surface area (Å²) in [5.74, 6) is 0. The molecule has 82 valence electrons. The van der Waals surface area contributed by atoms with E-state index >= 15 is 0 Å². The van der Waals surface area contributed by atoms with Crippen molar-refractivity contribution >= 4 is 16.5 Å². The third-order valence-electron chi connectivity index (χ3n) is 2.36. The summed E-state index contributed by atoms with van der Waals surface area (Å²) < 4.78 is 12.3. The van der Waals surface area contributed by atoms with Gasteiger partial charge in [-0.2, -0.15) is 0 Å². The molecule has 0 aromatic heterocycles. The van der Waals surface area contributed by atoms with Crippen molar-refractivity contribution < 1.29 is 4.21 Å². The third kappa shape index (κ3) is 1.86. The van der Waals surface area contributed by atoms with E-state index in [9.17, 15) is 4.21 Å². The molecule has 1 aliphatic heterocycles. The van der Waals surface area contributed by atoms with Crippen molar-refractivity contribution in [1.29, 1.82) is 0 Å². The molecular weight excluding hydrogens is 218 g/mol. The fourth-order valence-corrected chi connectivity index (χ4v) is 2.88. The van der Waals surface area contributed by atoms with Crippen LogP contribution in [0.1, 0.15) is 6.92 Å². The minimum Gasteiger partial charge on any atom is -0.357 e. The molecule has 0 spiro atoms. The average molecular weight is 231 g/mol. The molecule has 0 fully saturated rings. The van der Waals surface area contributed by atoms with Crippen LogP contribution in [0.4, 0.5) is 5.69 Å². The Bertz CT molecular complexity index is 514. The lowest BCUT2D eigenvalue weighted by molar-refractivity contribution is 0.687. The topological polar surface area (TPSA) is 29.1 Å².